The van der Waals surface area contributed by atoms with Crippen LogP contribution in [-0.4, -0.2) is 38.2 Å². The number of thiophene rings is 1. The van der Waals surface area contributed by atoms with Gasteiger partial charge < -0.3 is 28.4 Å². The molecule has 6 aromatic carbocycles. The Morgan fingerprint density at radius 3 is 1.74 bits per heavy atom. The first kappa shape index (κ1) is 39.5. The van der Waals surface area contributed by atoms with E-state index in [1.165, 1.54) is 15.0 Å². The van der Waals surface area contributed by atoms with Crippen LogP contribution in [0.2, 0.25) is 0 Å². The molecule has 1 saturated heterocycles. The van der Waals surface area contributed by atoms with Crippen molar-refractivity contribution in [2.45, 2.75) is 63.4 Å². The van der Waals surface area contributed by atoms with Crippen molar-refractivity contribution in [1.82, 2.24) is 0 Å². The van der Waals surface area contributed by atoms with E-state index in [0.29, 0.717) is 31.1 Å². The molecule has 296 valence electrons. The smallest absolute Gasteiger partial charge is 0.157 e. The lowest BCUT2D eigenvalue weighted by molar-refractivity contribution is -0.248. The number of ether oxygens (including phenoxy) is 6. The normalized spacial score (nSPS) is 19.2. The van der Waals surface area contributed by atoms with E-state index in [1.54, 1.807) is 18.4 Å². The van der Waals surface area contributed by atoms with Crippen LogP contribution in [0.3, 0.4) is 0 Å². The second-order valence-corrected chi connectivity index (χ2v) is 15.6. The Morgan fingerprint density at radius 2 is 1.14 bits per heavy atom. The van der Waals surface area contributed by atoms with Crippen molar-refractivity contribution in [2.75, 3.05) is 13.7 Å². The van der Waals surface area contributed by atoms with Gasteiger partial charge in [0.1, 0.15) is 42.5 Å². The monoisotopic (exact) mass is 794 g/mol. The Kier molecular flexibility index (Phi) is 13.2. The summed E-state index contributed by atoms with van der Waals surface area (Å²) in [6.45, 7) is 1.04. The average Bonchev–Trinajstić information content (AvgIpc) is 3.69. The van der Waals surface area contributed by atoms with Gasteiger partial charge in [-0.3, -0.25) is 0 Å². The standard InChI is InChI=1S/C50H47FO6S/c1-52-43-29-44(54-31-36-18-8-3-9-19-36)42(28-40(43)27-41-26-39-24-14-15-25-46(39)58-41)48-50(56-33-38-22-12-5-13-23-38)49(55-32-37-20-10-4-11-21-37)47(51)45(57-48)34-53-30-35-16-6-2-7-17-35/h2-26,28-29,45,47-50H,27,30-34H2,1H3/t45-,47-,48+,49+,50+/m1/s1. The Labute approximate surface area is 343 Å². The fourth-order valence-corrected chi connectivity index (χ4v) is 8.49. The zero-order chi connectivity index (χ0) is 39.5. The van der Waals surface area contributed by atoms with Crippen LogP contribution in [0.1, 0.15) is 44.4 Å². The van der Waals surface area contributed by atoms with Gasteiger partial charge in [-0.15, -0.1) is 11.3 Å². The first-order chi connectivity index (χ1) is 28.6. The topological polar surface area (TPSA) is 55.4 Å². The largest absolute Gasteiger partial charge is 0.496 e. The Balaban J connectivity index is 1.20. The van der Waals surface area contributed by atoms with Crippen LogP contribution >= 0.6 is 11.3 Å². The van der Waals surface area contributed by atoms with Crippen LogP contribution in [0.4, 0.5) is 4.39 Å². The molecule has 1 aliphatic rings. The number of rotatable bonds is 17. The molecule has 0 N–H and O–H groups in total. The minimum Gasteiger partial charge on any atom is -0.496 e. The Morgan fingerprint density at radius 1 is 0.586 bits per heavy atom. The highest BCUT2D eigenvalue weighted by molar-refractivity contribution is 7.19. The van der Waals surface area contributed by atoms with E-state index in [9.17, 15) is 0 Å². The fraction of sp³-hybridized carbons (Fsp3) is 0.240. The van der Waals surface area contributed by atoms with E-state index in [2.05, 4.69) is 36.4 Å². The van der Waals surface area contributed by atoms with Crippen molar-refractivity contribution >= 4 is 21.4 Å². The number of hydrogen-bond donors (Lipinski definition) is 0. The number of hydrogen-bond acceptors (Lipinski definition) is 7. The third-order valence-corrected chi connectivity index (χ3v) is 11.5. The molecule has 0 bridgehead atoms. The maximum absolute atomic E-state index is 17.2. The van der Waals surface area contributed by atoms with Crippen molar-refractivity contribution in [3.63, 3.8) is 0 Å². The predicted molar refractivity (Wildman–Crippen MR) is 227 cm³/mol. The number of alkyl halides is 1. The summed E-state index contributed by atoms with van der Waals surface area (Å²) in [6.07, 6.45) is -4.61. The van der Waals surface area contributed by atoms with Gasteiger partial charge in [0, 0.05) is 27.6 Å². The summed E-state index contributed by atoms with van der Waals surface area (Å²) >= 11 is 1.75. The molecular formula is C50H47FO6S. The number of fused-ring (bicyclic) bond motifs is 1. The molecule has 8 rings (SSSR count). The lowest BCUT2D eigenvalue weighted by atomic mass is 9.89. The van der Waals surface area contributed by atoms with Gasteiger partial charge in [0.25, 0.3) is 0 Å². The summed E-state index contributed by atoms with van der Waals surface area (Å²) in [5, 5.41) is 1.19. The summed E-state index contributed by atoms with van der Waals surface area (Å²) in [5.41, 5.74) is 5.54. The molecule has 1 aliphatic heterocycles. The predicted octanol–water partition coefficient (Wildman–Crippen LogP) is 11.2. The molecular weight excluding hydrogens is 748 g/mol. The SMILES string of the molecule is COc1cc(OCc2ccccc2)c([C@@H]2O[C@H](COCc3ccccc3)[C@@H](F)[C@H](OCc3ccccc3)[C@H]2OCc2ccccc2)cc1Cc1cc2ccccc2s1. The number of methoxy groups -OCH3 is 1. The third-order valence-electron chi connectivity index (χ3n) is 10.4. The highest BCUT2D eigenvalue weighted by atomic mass is 32.1. The highest BCUT2D eigenvalue weighted by Gasteiger charge is 2.49. The summed E-state index contributed by atoms with van der Waals surface area (Å²) < 4.78 is 57.6. The summed E-state index contributed by atoms with van der Waals surface area (Å²) in [5.74, 6) is 1.24. The molecule has 1 aromatic heterocycles. The Bertz CT molecular complexity index is 2290. The van der Waals surface area contributed by atoms with Crippen molar-refractivity contribution in [2.24, 2.45) is 0 Å². The molecule has 58 heavy (non-hydrogen) atoms. The molecule has 0 aliphatic carbocycles. The molecule has 1 fully saturated rings. The van der Waals surface area contributed by atoms with E-state index in [4.69, 9.17) is 28.4 Å². The minimum absolute atomic E-state index is 0.00810. The first-order valence-electron chi connectivity index (χ1n) is 19.7. The van der Waals surface area contributed by atoms with Gasteiger partial charge in [0.05, 0.1) is 33.5 Å². The lowest BCUT2D eigenvalue weighted by Crippen LogP contribution is -2.55. The molecule has 0 spiro atoms. The first-order valence-corrected chi connectivity index (χ1v) is 20.5. The second kappa shape index (κ2) is 19.4. The Hall–Kier alpha value is -5.35. The molecule has 0 amide bonds. The lowest BCUT2D eigenvalue weighted by Gasteiger charge is -2.44. The van der Waals surface area contributed by atoms with Gasteiger partial charge in [-0.1, -0.05) is 140 Å². The zero-order valence-electron chi connectivity index (χ0n) is 32.5. The summed E-state index contributed by atoms with van der Waals surface area (Å²) in [7, 11) is 1.68. The quantitative estimate of drug-likeness (QED) is 0.0915. The second-order valence-electron chi connectivity index (χ2n) is 14.5. The molecule has 7 aromatic rings. The van der Waals surface area contributed by atoms with Crippen molar-refractivity contribution in [3.8, 4) is 11.5 Å². The molecule has 5 atom stereocenters. The van der Waals surface area contributed by atoms with Gasteiger partial charge >= 0.3 is 0 Å². The molecule has 0 unspecified atom stereocenters. The molecule has 2 heterocycles. The van der Waals surface area contributed by atoms with E-state index in [1.807, 2.05) is 127 Å². The van der Waals surface area contributed by atoms with E-state index in [-0.39, 0.29) is 19.8 Å². The highest BCUT2D eigenvalue weighted by Crippen LogP contribution is 2.44. The maximum Gasteiger partial charge on any atom is 0.157 e. The van der Waals surface area contributed by atoms with Crippen LogP contribution in [0.5, 0.6) is 11.5 Å². The van der Waals surface area contributed by atoms with Crippen LogP contribution in [0.25, 0.3) is 10.1 Å². The van der Waals surface area contributed by atoms with Gasteiger partial charge in [-0.05, 0) is 51.4 Å². The fourth-order valence-electron chi connectivity index (χ4n) is 7.40. The number of halogens is 1. The molecule has 8 heteroatoms. The van der Waals surface area contributed by atoms with Gasteiger partial charge in [0.15, 0.2) is 6.17 Å². The van der Waals surface area contributed by atoms with Gasteiger partial charge in [-0.2, -0.15) is 0 Å². The van der Waals surface area contributed by atoms with Gasteiger partial charge in [0.2, 0.25) is 0 Å². The average molecular weight is 795 g/mol. The van der Waals surface area contributed by atoms with E-state index >= 15 is 4.39 Å². The molecule has 0 saturated carbocycles. The van der Waals surface area contributed by atoms with E-state index in [0.717, 1.165) is 33.4 Å². The van der Waals surface area contributed by atoms with Crippen molar-refractivity contribution in [3.05, 3.63) is 202 Å². The molecule has 0 radical (unpaired) electrons. The van der Waals surface area contributed by atoms with Crippen molar-refractivity contribution < 1.29 is 32.8 Å². The van der Waals surface area contributed by atoms with Crippen LogP contribution in [0, 0.1) is 0 Å². The van der Waals surface area contributed by atoms with Crippen molar-refractivity contribution in [1.29, 1.82) is 0 Å². The maximum atomic E-state index is 17.2. The third kappa shape index (κ3) is 9.84. The number of benzene rings is 6. The van der Waals surface area contributed by atoms with E-state index < -0.39 is 30.6 Å². The van der Waals surface area contributed by atoms with Crippen LogP contribution < -0.4 is 9.47 Å². The summed E-state index contributed by atoms with van der Waals surface area (Å²) in [6, 6.07) is 54.2. The van der Waals surface area contributed by atoms with Crippen LogP contribution in [-0.2, 0) is 51.8 Å². The van der Waals surface area contributed by atoms with Crippen LogP contribution in [0.15, 0.2) is 164 Å². The molecule has 6 nitrogen and oxygen atoms in total. The zero-order valence-corrected chi connectivity index (χ0v) is 33.3. The van der Waals surface area contributed by atoms with Gasteiger partial charge in [-0.25, -0.2) is 4.39 Å². The minimum atomic E-state index is -1.57. The summed E-state index contributed by atoms with van der Waals surface area (Å²) in [4.78, 5) is 1.19.